The molecule has 0 fully saturated rings. The zero-order valence-electron chi connectivity index (χ0n) is 6.73. The van der Waals surface area contributed by atoms with Gasteiger partial charge in [0.1, 0.15) is 5.82 Å². The van der Waals surface area contributed by atoms with Gasteiger partial charge in [-0.1, -0.05) is 6.08 Å². The van der Waals surface area contributed by atoms with Crippen molar-refractivity contribution in [2.45, 2.75) is 6.04 Å². The van der Waals surface area contributed by atoms with Crippen LogP contribution in [0.25, 0.3) is 0 Å². The Bertz CT molecular complexity index is 336. The van der Waals surface area contributed by atoms with Gasteiger partial charge in [0, 0.05) is 11.6 Å². The van der Waals surface area contributed by atoms with Crippen LogP contribution in [0.5, 0.6) is 0 Å². The first-order valence-corrected chi connectivity index (χ1v) is 3.59. The molecule has 2 N–H and O–H groups in total. The Morgan fingerprint density at radius 3 is 2.23 bits per heavy atom. The van der Waals surface area contributed by atoms with E-state index in [1.165, 1.54) is 6.08 Å². The largest absolute Gasteiger partial charge is 0.321 e. The van der Waals surface area contributed by atoms with Crippen LogP contribution in [0.15, 0.2) is 24.8 Å². The third kappa shape index (κ3) is 1.89. The molecule has 0 amide bonds. The molecule has 0 heterocycles. The Morgan fingerprint density at radius 1 is 1.15 bits per heavy atom. The highest BCUT2D eigenvalue weighted by molar-refractivity contribution is 5.25. The third-order valence-corrected chi connectivity index (χ3v) is 1.65. The number of benzene rings is 1. The molecule has 0 saturated carbocycles. The fourth-order valence-corrected chi connectivity index (χ4v) is 0.920. The molecule has 1 rings (SSSR count). The highest BCUT2D eigenvalue weighted by atomic mass is 19.2. The van der Waals surface area contributed by atoms with Gasteiger partial charge in [0.05, 0.1) is 6.04 Å². The lowest BCUT2D eigenvalue weighted by Gasteiger charge is -2.07. The first-order valence-electron chi connectivity index (χ1n) is 3.59. The molecule has 1 atom stereocenters. The molecule has 0 radical (unpaired) electrons. The predicted molar refractivity (Wildman–Crippen MR) is 43.4 cm³/mol. The number of halogens is 3. The van der Waals surface area contributed by atoms with Crippen LogP contribution in [0.3, 0.4) is 0 Å². The van der Waals surface area contributed by atoms with Gasteiger partial charge in [-0.05, 0) is 6.07 Å². The maximum atomic E-state index is 12.9. The maximum absolute atomic E-state index is 12.9. The van der Waals surface area contributed by atoms with Gasteiger partial charge in [-0.15, -0.1) is 6.58 Å². The molecule has 13 heavy (non-hydrogen) atoms. The summed E-state index contributed by atoms with van der Waals surface area (Å²) in [5.41, 5.74) is 5.26. The van der Waals surface area contributed by atoms with E-state index in [0.717, 1.165) is 6.07 Å². The van der Waals surface area contributed by atoms with Crippen LogP contribution in [-0.2, 0) is 0 Å². The van der Waals surface area contributed by atoms with Gasteiger partial charge < -0.3 is 5.73 Å². The molecule has 70 valence electrons. The second kappa shape index (κ2) is 3.62. The molecule has 0 aliphatic carbocycles. The van der Waals surface area contributed by atoms with Crippen molar-refractivity contribution >= 4 is 0 Å². The standard InChI is InChI=1S/C9H8F3N/c1-2-9(13)5-3-7(11)8(12)4-6(5)10/h2-4,9H,1,13H2. The van der Waals surface area contributed by atoms with Gasteiger partial charge in [-0.25, -0.2) is 13.2 Å². The maximum Gasteiger partial charge on any atom is 0.161 e. The normalized spacial score (nSPS) is 12.6. The summed E-state index contributed by atoms with van der Waals surface area (Å²) in [7, 11) is 0. The van der Waals surface area contributed by atoms with Crippen LogP contribution in [0, 0.1) is 17.5 Å². The molecule has 1 aromatic carbocycles. The number of rotatable bonds is 2. The van der Waals surface area contributed by atoms with E-state index >= 15 is 0 Å². The van der Waals surface area contributed by atoms with Crippen LogP contribution in [0.4, 0.5) is 13.2 Å². The molecule has 0 aliphatic rings. The van der Waals surface area contributed by atoms with Crippen LogP contribution in [0.1, 0.15) is 11.6 Å². The second-order valence-electron chi connectivity index (χ2n) is 2.55. The molecule has 0 spiro atoms. The lowest BCUT2D eigenvalue weighted by molar-refractivity contribution is 0.488. The number of nitrogens with two attached hydrogens (primary N) is 1. The first-order chi connectivity index (χ1) is 6.06. The Morgan fingerprint density at radius 2 is 1.69 bits per heavy atom. The zero-order valence-corrected chi connectivity index (χ0v) is 6.73. The molecule has 1 nitrogen and oxygen atoms in total. The lowest BCUT2D eigenvalue weighted by atomic mass is 10.1. The van der Waals surface area contributed by atoms with E-state index in [1.807, 2.05) is 0 Å². The van der Waals surface area contributed by atoms with Crippen LogP contribution in [-0.4, -0.2) is 0 Å². The van der Waals surface area contributed by atoms with Crippen molar-refractivity contribution in [1.29, 1.82) is 0 Å². The quantitative estimate of drug-likeness (QED) is 0.558. The van der Waals surface area contributed by atoms with Crippen LogP contribution < -0.4 is 5.73 Å². The Kier molecular flexibility index (Phi) is 2.72. The van der Waals surface area contributed by atoms with Crippen molar-refractivity contribution in [2.24, 2.45) is 5.73 Å². The molecule has 0 bridgehead atoms. The molecule has 4 heteroatoms. The van der Waals surface area contributed by atoms with E-state index in [0.29, 0.717) is 6.07 Å². The monoisotopic (exact) mass is 187 g/mol. The summed E-state index contributed by atoms with van der Waals surface area (Å²) in [6.45, 7) is 3.32. The highest BCUT2D eigenvalue weighted by Crippen LogP contribution is 2.19. The smallest absolute Gasteiger partial charge is 0.161 e. The first kappa shape index (κ1) is 9.80. The van der Waals surface area contributed by atoms with Gasteiger partial charge in [-0.3, -0.25) is 0 Å². The topological polar surface area (TPSA) is 26.0 Å². The van der Waals surface area contributed by atoms with Crippen molar-refractivity contribution in [2.75, 3.05) is 0 Å². The minimum atomic E-state index is -1.22. The Hall–Kier alpha value is -1.29. The fourth-order valence-electron chi connectivity index (χ4n) is 0.920. The van der Waals surface area contributed by atoms with E-state index in [9.17, 15) is 13.2 Å². The average Bonchev–Trinajstić information content (AvgIpc) is 2.10. The predicted octanol–water partition coefficient (Wildman–Crippen LogP) is 2.29. The van der Waals surface area contributed by atoms with Crippen molar-refractivity contribution in [3.05, 3.63) is 47.8 Å². The van der Waals surface area contributed by atoms with E-state index in [-0.39, 0.29) is 5.56 Å². The summed E-state index contributed by atoms with van der Waals surface area (Å²) in [6, 6.07) is 0.375. The molecule has 0 saturated heterocycles. The molecular weight excluding hydrogens is 179 g/mol. The van der Waals surface area contributed by atoms with E-state index in [1.54, 1.807) is 0 Å². The van der Waals surface area contributed by atoms with Crippen molar-refractivity contribution in [1.82, 2.24) is 0 Å². The van der Waals surface area contributed by atoms with E-state index in [4.69, 9.17) is 5.73 Å². The third-order valence-electron chi connectivity index (χ3n) is 1.65. The lowest BCUT2D eigenvalue weighted by Crippen LogP contribution is -2.09. The van der Waals surface area contributed by atoms with Crippen LogP contribution >= 0.6 is 0 Å². The minimum absolute atomic E-state index is 0.103. The van der Waals surface area contributed by atoms with Crippen molar-refractivity contribution in [3.63, 3.8) is 0 Å². The zero-order chi connectivity index (χ0) is 10.0. The summed E-state index contributed by atoms with van der Waals surface area (Å²) in [5, 5.41) is 0. The number of hydrogen-bond donors (Lipinski definition) is 1. The molecule has 0 aliphatic heterocycles. The summed E-state index contributed by atoms with van der Waals surface area (Å²) >= 11 is 0. The van der Waals surface area contributed by atoms with E-state index in [2.05, 4.69) is 6.58 Å². The Balaban J connectivity index is 3.22. The second-order valence-corrected chi connectivity index (χ2v) is 2.55. The van der Waals surface area contributed by atoms with Crippen molar-refractivity contribution in [3.8, 4) is 0 Å². The molecule has 1 unspecified atom stereocenters. The summed E-state index contributed by atoms with van der Waals surface area (Å²) in [4.78, 5) is 0. The molecule has 0 aromatic heterocycles. The number of hydrogen-bond acceptors (Lipinski definition) is 1. The summed E-state index contributed by atoms with van der Waals surface area (Å²) in [5.74, 6) is -3.21. The van der Waals surface area contributed by atoms with Crippen LogP contribution in [0.2, 0.25) is 0 Å². The Labute approximate surface area is 73.7 Å². The van der Waals surface area contributed by atoms with Gasteiger partial charge >= 0.3 is 0 Å². The van der Waals surface area contributed by atoms with Crippen molar-refractivity contribution < 1.29 is 13.2 Å². The van der Waals surface area contributed by atoms with E-state index < -0.39 is 23.5 Å². The van der Waals surface area contributed by atoms with Gasteiger partial charge in [0.25, 0.3) is 0 Å². The average molecular weight is 187 g/mol. The molecule has 1 aromatic rings. The SMILES string of the molecule is C=CC(N)c1cc(F)c(F)cc1F. The fraction of sp³-hybridized carbons (Fsp3) is 0.111. The van der Waals surface area contributed by atoms with Gasteiger partial charge in [0.15, 0.2) is 11.6 Å². The minimum Gasteiger partial charge on any atom is -0.321 e. The van der Waals surface area contributed by atoms with Gasteiger partial charge in [-0.2, -0.15) is 0 Å². The molecular formula is C9H8F3N. The highest BCUT2D eigenvalue weighted by Gasteiger charge is 2.12. The van der Waals surface area contributed by atoms with Gasteiger partial charge in [0.2, 0.25) is 0 Å². The summed E-state index contributed by atoms with van der Waals surface area (Å²) in [6.07, 6.45) is 1.25. The summed E-state index contributed by atoms with van der Waals surface area (Å²) < 4.78 is 38.0.